The lowest BCUT2D eigenvalue weighted by atomic mass is 9.74. The number of esters is 1. The predicted molar refractivity (Wildman–Crippen MR) is 232 cm³/mol. The number of carbonyl (C=O) groups excluding carboxylic acids is 2. The number of hydrogen-bond donors (Lipinski definition) is 5. The lowest BCUT2D eigenvalue weighted by molar-refractivity contribution is -0.392. The van der Waals surface area contributed by atoms with Crippen LogP contribution in [0.4, 0.5) is 5.82 Å². The number of aryl methyl sites for hydroxylation is 1. The van der Waals surface area contributed by atoms with Gasteiger partial charge in [0.25, 0.3) is 0 Å². The molecule has 1 unspecified atom stereocenters. The summed E-state index contributed by atoms with van der Waals surface area (Å²) in [5.74, 6) is -4.01. The zero-order valence-electron chi connectivity index (χ0n) is 40.5. The van der Waals surface area contributed by atoms with Crippen LogP contribution in [0.3, 0.4) is 0 Å². The lowest BCUT2D eigenvalue weighted by Gasteiger charge is -2.50. The molecule has 64 heavy (non-hydrogen) atoms. The number of ketones is 1. The van der Waals surface area contributed by atoms with Crippen molar-refractivity contribution in [1.29, 1.82) is 0 Å². The second-order valence-electron chi connectivity index (χ2n) is 18.9. The molecule has 4 rings (SSSR count). The van der Waals surface area contributed by atoms with Gasteiger partial charge in [-0.2, -0.15) is 0 Å². The van der Waals surface area contributed by atoms with Crippen LogP contribution in [-0.4, -0.2) is 176 Å². The second-order valence-corrected chi connectivity index (χ2v) is 18.9. The van der Waals surface area contributed by atoms with E-state index in [0.29, 0.717) is 12.2 Å². The number of hydrogen-bond acceptors (Lipinski definition) is 18. The third-order valence-electron chi connectivity index (χ3n) is 13.8. The summed E-state index contributed by atoms with van der Waals surface area (Å²) in [5.41, 5.74) is -4.24. The Kier molecular flexibility index (Phi) is 19.8. The minimum Gasteiger partial charge on any atom is -0.459 e. The molecule has 3 saturated heterocycles. The maximum Gasteiger partial charge on any atom is 0.342 e. The molecule has 0 radical (unpaired) electrons. The van der Waals surface area contributed by atoms with Crippen LogP contribution in [0.25, 0.3) is 0 Å². The van der Waals surface area contributed by atoms with Gasteiger partial charge in [0.1, 0.15) is 42.4 Å². The van der Waals surface area contributed by atoms with E-state index in [1.54, 1.807) is 55.4 Å². The maximum atomic E-state index is 14.2. The molecular formula is C44H78N4O16. The van der Waals surface area contributed by atoms with Crippen molar-refractivity contribution in [2.45, 2.75) is 193 Å². The van der Waals surface area contributed by atoms with E-state index in [0.717, 1.165) is 0 Å². The van der Waals surface area contributed by atoms with Gasteiger partial charge in [0.05, 0.1) is 54.2 Å². The van der Waals surface area contributed by atoms with Gasteiger partial charge in [-0.25, -0.2) is 9.55 Å². The molecule has 5 N–H and O–H groups in total. The highest BCUT2D eigenvalue weighted by Crippen LogP contribution is 2.42. The molecule has 3 aliphatic rings. The van der Waals surface area contributed by atoms with Crippen LogP contribution in [0.1, 0.15) is 101 Å². The Morgan fingerprint density at radius 2 is 1.56 bits per heavy atom. The first-order valence-corrected chi connectivity index (χ1v) is 22.3. The average Bonchev–Trinajstić information content (AvgIpc) is 3.61. The Morgan fingerprint density at radius 3 is 2.09 bits per heavy atom. The molecule has 370 valence electrons. The van der Waals surface area contributed by atoms with E-state index >= 15 is 0 Å². The molecule has 1 aromatic rings. The molecule has 0 aromatic carbocycles. The fraction of sp³-hybridized carbons (Fsp3) is 0.886. The number of aliphatic hydroxyl groups excluding tert-OH is 4. The number of cyclic esters (lactones) is 1. The molecule has 20 heteroatoms. The number of nitro groups is 1. The third kappa shape index (κ3) is 12.4. The van der Waals surface area contributed by atoms with Crippen molar-refractivity contribution < 1.29 is 73.2 Å². The lowest BCUT2D eigenvalue weighted by Crippen LogP contribution is -2.61. The van der Waals surface area contributed by atoms with Crippen molar-refractivity contribution in [2.24, 2.45) is 23.7 Å². The first kappa shape index (κ1) is 55.6. The number of Topliss-reactive ketones (excluding diaryl/α,β-unsaturated/α-hetero) is 1. The van der Waals surface area contributed by atoms with Crippen molar-refractivity contribution in [2.75, 3.05) is 34.9 Å². The fourth-order valence-corrected chi connectivity index (χ4v) is 9.56. The van der Waals surface area contributed by atoms with E-state index in [1.165, 1.54) is 31.9 Å². The van der Waals surface area contributed by atoms with Gasteiger partial charge >= 0.3 is 11.8 Å². The van der Waals surface area contributed by atoms with Gasteiger partial charge in [-0.15, -0.1) is 0 Å². The average molecular weight is 919 g/mol. The maximum absolute atomic E-state index is 14.2. The Bertz CT molecular complexity index is 1680. The van der Waals surface area contributed by atoms with Gasteiger partial charge in [-0.3, -0.25) is 9.59 Å². The van der Waals surface area contributed by atoms with E-state index in [-0.39, 0.29) is 56.2 Å². The van der Waals surface area contributed by atoms with Crippen LogP contribution in [0, 0.1) is 40.7 Å². The number of aromatic nitrogens is 2. The van der Waals surface area contributed by atoms with Crippen LogP contribution in [0.15, 0.2) is 6.20 Å². The van der Waals surface area contributed by atoms with Crippen molar-refractivity contribution in [3.8, 4) is 0 Å². The highest BCUT2D eigenvalue weighted by molar-refractivity contribution is 5.83. The number of aliphatic hydroxyl groups is 5. The number of likely N-dealkylation sites (N-methyl/N-ethyl adjacent to an activating group) is 1. The van der Waals surface area contributed by atoms with Gasteiger partial charge in [-0.1, -0.05) is 27.7 Å². The normalized spacial score (nSPS) is 41.7. The van der Waals surface area contributed by atoms with Crippen molar-refractivity contribution in [3.63, 3.8) is 0 Å². The van der Waals surface area contributed by atoms with Gasteiger partial charge in [0.2, 0.25) is 0 Å². The molecule has 0 spiro atoms. The van der Waals surface area contributed by atoms with Gasteiger partial charge < -0.3 is 73.7 Å². The number of ether oxygens (including phenoxy) is 7. The highest BCUT2D eigenvalue weighted by Gasteiger charge is 2.54. The van der Waals surface area contributed by atoms with E-state index in [9.17, 15) is 40.1 Å². The van der Waals surface area contributed by atoms with Gasteiger partial charge in [0, 0.05) is 51.4 Å². The van der Waals surface area contributed by atoms with Crippen LogP contribution >= 0.6 is 0 Å². The quantitative estimate of drug-likeness (QED) is 0.121. The summed E-state index contributed by atoms with van der Waals surface area (Å²) in [4.78, 5) is 43.7. The fourth-order valence-electron chi connectivity index (χ4n) is 9.56. The van der Waals surface area contributed by atoms with Crippen LogP contribution in [-0.2, 0) is 49.3 Å². The summed E-state index contributed by atoms with van der Waals surface area (Å²) in [6, 6.07) is -0.283. The summed E-state index contributed by atoms with van der Waals surface area (Å²) in [7, 11) is 6.77. The summed E-state index contributed by atoms with van der Waals surface area (Å²) < 4.78 is 45.2. The zero-order chi connectivity index (χ0) is 48.8. The van der Waals surface area contributed by atoms with E-state index in [1.807, 2.05) is 32.8 Å². The molecule has 0 bridgehead atoms. The summed E-state index contributed by atoms with van der Waals surface area (Å²) in [6.45, 7) is 18.8. The Morgan fingerprint density at radius 1 is 0.953 bits per heavy atom. The molecule has 20 nitrogen and oxygen atoms in total. The Labute approximate surface area is 378 Å². The van der Waals surface area contributed by atoms with Crippen molar-refractivity contribution >= 4 is 17.6 Å². The van der Waals surface area contributed by atoms with E-state index < -0.39 is 107 Å². The first-order valence-electron chi connectivity index (χ1n) is 22.3. The highest BCUT2D eigenvalue weighted by atomic mass is 16.7. The number of carbonyl (C=O) groups is 2. The zero-order valence-corrected chi connectivity index (χ0v) is 40.5. The minimum absolute atomic E-state index is 0.0819. The molecule has 18 atom stereocenters. The van der Waals surface area contributed by atoms with Crippen LogP contribution in [0.2, 0.25) is 0 Å². The Hall–Kier alpha value is -2.73. The molecule has 3 aliphatic heterocycles. The molecule has 1 aromatic heterocycles. The molecule has 0 amide bonds. The second kappa shape index (κ2) is 22.8. The summed E-state index contributed by atoms with van der Waals surface area (Å²) in [6.07, 6.45) is -7.54. The van der Waals surface area contributed by atoms with Crippen LogP contribution in [0.5, 0.6) is 0 Å². The number of imidazole rings is 1. The molecule has 0 saturated carbocycles. The largest absolute Gasteiger partial charge is 0.459 e. The van der Waals surface area contributed by atoms with E-state index in [2.05, 4.69) is 4.98 Å². The number of methoxy groups -OCH3 is 2. The summed E-state index contributed by atoms with van der Waals surface area (Å²) in [5, 5.41) is 64.5. The third-order valence-corrected chi connectivity index (χ3v) is 13.8. The molecule has 0 aliphatic carbocycles. The van der Waals surface area contributed by atoms with Gasteiger partial charge in [0.15, 0.2) is 18.4 Å². The standard InChI is InChI=1S/C38H69NO13.C6H9N3O3/c1-15-26-38(10,45)31(42)21(4)28(40)19(2)17-37(9,47-14)33(52-35-29(41)25(39(11)12)16-20(3)48-35)22(5)30(23(6)34(44)50-26)51-27-18-36(8,46-13)32(43)24(7)49-27;1-5-7-4-6(9(11)12)8(5)2-3-10/h19-27,29-33,35,41-43,45H,15-18H2,1-14H3;4,10H,2-3H2,1H3/t19-,20-,21+,22?,23-,24+,25+,26-,27+,29-,30+,31-,32+,33-,35+,36-,37-,38-;/m1./s1. The predicted octanol–water partition coefficient (Wildman–Crippen LogP) is 2.53. The minimum atomic E-state index is -1.96. The van der Waals surface area contributed by atoms with Gasteiger partial charge in [-0.05, 0) is 79.8 Å². The number of rotatable bonds is 11. The van der Waals surface area contributed by atoms with Crippen molar-refractivity contribution in [3.05, 3.63) is 22.1 Å². The smallest absolute Gasteiger partial charge is 0.342 e. The van der Waals surface area contributed by atoms with E-state index in [4.69, 9.17) is 38.3 Å². The molecular weight excluding hydrogens is 840 g/mol. The summed E-state index contributed by atoms with van der Waals surface area (Å²) >= 11 is 0. The Balaban J connectivity index is 0.000000781. The van der Waals surface area contributed by atoms with Crippen molar-refractivity contribution in [1.82, 2.24) is 14.5 Å². The van der Waals surface area contributed by atoms with Crippen LogP contribution < -0.4 is 0 Å². The first-order chi connectivity index (χ1) is 29.7. The SMILES string of the molecule is CC[C@H]1OC(=O)[C@H](C)[C@@H](O[C@H]2C[C@@](C)(OC)[C@@H](O)[C@H](C)O2)C(C)[C@@H](O[C@@H]2O[C@H](C)C[C@H](N(C)C)[C@H]2O)[C@](C)(OC)C[C@@H](C)C(=O)[C@H](C)[C@@H](O)[C@]1(C)O.Cc1ncc([N+](=O)[O-])n1CCO. The topological polar surface area (TPSA) is 264 Å². The molecule has 4 heterocycles. The number of nitrogens with zero attached hydrogens (tertiary/aromatic N) is 4. The monoisotopic (exact) mass is 919 g/mol. The molecule has 3 fully saturated rings.